The van der Waals surface area contributed by atoms with Crippen molar-refractivity contribution in [3.8, 4) is 22.8 Å². The molecule has 0 atom stereocenters. The Bertz CT molecular complexity index is 1170. The number of carbonyl (C=O) groups excluding carboxylic acids is 1. The number of hydrogen-bond donors (Lipinski definition) is 2. The van der Waals surface area contributed by atoms with Crippen LogP contribution in [0.15, 0.2) is 64.1 Å². The molecule has 0 aliphatic rings. The smallest absolute Gasteiger partial charge is 0.264 e. The number of benzene rings is 2. The fourth-order valence-electron chi connectivity index (χ4n) is 2.82. The van der Waals surface area contributed by atoms with E-state index >= 15 is 0 Å². The topological polar surface area (TPSA) is 112 Å². The van der Waals surface area contributed by atoms with Gasteiger partial charge in [-0.3, -0.25) is 4.79 Å². The van der Waals surface area contributed by atoms with Crippen molar-refractivity contribution in [3.05, 3.63) is 60.4 Å². The molecule has 0 bridgehead atoms. The summed E-state index contributed by atoms with van der Waals surface area (Å²) in [7, 11) is 0. The van der Waals surface area contributed by atoms with Gasteiger partial charge in [-0.2, -0.15) is 10.1 Å². The van der Waals surface area contributed by atoms with E-state index in [2.05, 4.69) is 20.6 Å². The molecule has 2 aromatic heterocycles. The van der Waals surface area contributed by atoms with Crippen molar-refractivity contribution < 1.29 is 13.7 Å². The van der Waals surface area contributed by atoms with Gasteiger partial charge in [0.1, 0.15) is 28.8 Å². The average Bonchev–Trinajstić information content (AvgIpc) is 3.35. The van der Waals surface area contributed by atoms with Crippen molar-refractivity contribution in [3.63, 3.8) is 0 Å². The zero-order chi connectivity index (χ0) is 21.1. The maximum atomic E-state index is 13.0. The van der Waals surface area contributed by atoms with Crippen LogP contribution in [0.4, 0.5) is 15.9 Å². The van der Waals surface area contributed by atoms with E-state index in [1.807, 2.05) is 36.6 Å². The highest BCUT2D eigenvalue weighted by Gasteiger charge is 2.23. The average molecular weight is 424 g/mol. The summed E-state index contributed by atoms with van der Waals surface area (Å²) in [6.45, 7) is -0.129. The fourth-order valence-corrected chi connectivity index (χ4v) is 3.39. The summed E-state index contributed by atoms with van der Waals surface area (Å²) < 4.78 is 19.8. The lowest BCUT2D eigenvalue weighted by atomic mass is 10.2. The van der Waals surface area contributed by atoms with Gasteiger partial charge in [-0.1, -0.05) is 35.5 Å². The molecule has 152 valence electrons. The largest absolute Gasteiger partial charge is 0.383 e. The van der Waals surface area contributed by atoms with Crippen LogP contribution in [-0.2, 0) is 11.3 Å². The minimum absolute atomic E-state index is 0.129. The quantitative estimate of drug-likeness (QED) is 0.454. The lowest BCUT2D eigenvalue weighted by Crippen LogP contribution is -2.20. The van der Waals surface area contributed by atoms with Crippen LogP contribution in [0.1, 0.15) is 0 Å². The van der Waals surface area contributed by atoms with E-state index < -0.39 is 0 Å². The molecule has 2 aromatic carbocycles. The molecule has 0 aliphatic carbocycles. The highest BCUT2D eigenvalue weighted by Crippen LogP contribution is 2.34. The molecule has 4 aromatic rings. The van der Waals surface area contributed by atoms with Crippen molar-refractivity contribution in [2.24, 2.45) is 0 Å². The standard InChI is InChI=1S/C20H17FN6O2S/c1-30-20-16(19-24-18(26-29-19)12-5-3-2-4-6-12)17(22)27(25-20)11-15(28)23-14-9-7-13(21)8-10-14/h2-10H,11,22H2,1H3,(H,23,28). The lowest BCUT2D eigenvalue weighted by Gasteiger charge is -2.06. The van der Waals surface area contributed by atoms with Crippen molar-refractivity contribution in [2.75, 3.05) is 17.3 Å². The van der Waals surface area contributed by atoms with E-state index in [1.54, 1.807) is 0 Å². The van der Waals surface area contributed by atoms with E-state index in [1.165, 1.54) is 40.7 Å². The van der Waals surface area contributed by atoms with Gasteiger partial charge in [-0.05, 0) is 30.5 Å². The van der Waals surface area contributed by atoms with Gasteiger partial charge in [0.2, 0.25) is 11.7 Å². The lowest BCUT2D eigenvalue weighted by molar-refractivity contribution is -0.116. The van der Waals surface area contributed by atoms with E-state index in [0.717, 1.165) is 5.56 Å². The van der Waals surface area contributed by atoms with Gasteiger partial charge in [0, 0.05) is 11.3 Å². The Morgan fingerprint density at radius 1 is 1.20 bits per heavy atom. The summed E-state index contributed by atoms with van der Waals surface area (Å²) >= 11 is 1.35. The van der Waals surface area contributed by atoms with Crippen LogP contribution in [0.3, 0.4) is 0 Å². The first kappa shape index (κ1) is 19.6. The minimum Gasteiger partial charge on any atom is -0.383 e. The molecule has 1 amide bonds. The predicted octanol–water partition coefficient (Wildman–Crippen LogP) is 3.68. The molecule has 0 saturated carbocycles. The van der Waals surface area contributed by atoms with E-state index in [9.17, 15) is 9.18 Å². The number of nitrogens with two attached hydrogens (primary N) is 1. The Hall–Kier alpha value is -3.66. The number of amides is 1. The van der Waals surface area contributed by atoms with Crippen LogP contribution >= 0.6 is 11.8 Å². The van der Waals surface area contributed by atoms with Crippen LogP contribution in [0.5, 0.6) is 0 Å². The molecule has 0 spiro atoms. The van der Waals surface area contributed by atoms with Crippen LogP contribution in [0.25, 0.3) is 22.8 Å². The van der Waals surface area contributed by atoms with Crippen LogP contribution in [0, 0.1) is 5.82 Å². The summed E-state index contributed by atoms with van der Waals surface area (Å²) in [6.07, 6.45) is 1.84. The summed E-state index contributed by atoms with van der Waals surface area (Å²) in [5.74, 6) is 0.148. The highest BCUT2D eigenvalue weighted by molar-refractivity contribution is 7.98. The summed E-state index contributed by atoms with van der Waals surface area (Å²) in [5.41, 5.74) is 8.01. The monoisotopic (exact) mass is 424 g/mol. The van der Waals surface area contributed by atoms with Gasteiger partial charge in [0.05, 0.1) is 0 Å². The first-order chi connectivity index (χ1) is 14.5. The van der Waals surface area contributed by atoms with Crippen molar-refractivity contribution in [2.45, 2.75) is 11.6 Å². The number of anilines is 2. The second-order valence-corrected chi connectivity index (χ2v) is 7.07. The van der Waals surface area contributed by atoms with Crippen molar-refractivity contribution in [1.82, 2.24) is 19.9 Å². The molecule has 0 radical (unpaired) electrons. The zero-order valence-corrected chi connectivity index (χ0v) is 16.7. The zero-order valence-electron chi connectivity index (χ0n) is 15.9. The third-order valence-electron chi connectivity index (χ3n) is 4.25. The van der Waals surface area contributed by atoms with Gasteiger partial charge in [-0.15, -0.1) is 11.8 Å². The molecule has 10 heteroatoms. The number of halogens is 1. The maximum Gasteiger partial charge on any atom is 0.264 e. The summed E-state index contributed by atoms with van der Waals surface area (Å²) in [4.78, 5) is 16.8. The van der Waals surface area contributed by atoms with Gasteiger partial charge in [-0.25, -0.2) is 9.07 Å². The summed E-state index contributed by atoms with van der Waals surface area (Å²) in [5, 5.41) is 11.6. The van der Waals surface area contributed by atoms with E-state index in [0.29, 0.717) is 22.1 Å². The second-order valence-electron chi connectivity index (χ2n) is 6.27. The Labute approximate surface area is 175 Å². The number of carbonyl (C=O) groups is 1. The molecule has 0 aliphatic heterocycles. The number of aromatic nitrogens is 4. The fraction of sp³-hybridized carbons (Fsp3) is 0.100. The van der Waals surface area contributed by atoms with Gasteiger partial charge in [0.15, 0.2) is 0 Å². The third kappa shape index (κ3) is 4.03. The molecule has 0 saturated heterocycles. The van der Waals surface area contributed by atoms with Gasteiger partial charge in [0.25, 0.3) is 5.89 Å². The first-order valence-corrected chi connectivity index (χ1v) is 10.1. The molecule has 3 N–H and O–H groups in total. The van der Waals surface area contributed by atoms with Gasteiger partial charge >= 0.3 is 0 Å². The van der Waals surface area contributed by atoms with Gasteiger partial charge < -0.3 is 15.6 Å². The number of nitrogens with zero attached hydrogens (tertiary/aromatic N) is 4. The summed E-state index contributed by atoms with van der Waals surface area (Å²) in [6, 6.07) is 14.9. The molecule has 4 rings (SSSR count). The third-order valence-corrected chi connectivity index (χ3v) is 4.92. The first-order valence-electron chi connectivity index (χ1n) is 8.90. The number of nitrogens with one attached hydrogen (secondary N) is 1. The predicted molar refractivity (Wildman–Crippen MR) is 112 cm³/mol. The molecule has 30 heavy (non-hydrogen) atoms. The number of thioether (sulfide) groups is 1. The molecular formula is C20H17FN6O2S. The Balaban J connectivity index is 1.58. The van der Waals surface area contributed by atoms with Crippen molar-refractivity contribution in [1.29, 1.82) is 0 Å². The number of hydrogen-bond acceptors (Lipinski definition) is 7. The number of rotatable bonds is 6. The molecular weight excluding hydrogens is 407 g/mol. The minimum atomic E-state index is -0.381. The maximum absolute atomic E-state index is 13.0. The van der Waals surface area contributed by atoms with Crippen LogP contribution in [-0.4, -0.2) is 32.1 Å². The van der Waals surface area contributed by atoms with E-state index in [4.69, 9.17) is 10.3 Å². The Morgan fingerprint density at radius 3 is 2.63 bits per heavy atom. The highest BCUT2D eigenvalue weighted by atomic mass is 32.2. The molecule has 2 heterocycles. The number of nitrogen functional groups attached to an aromatic ring is 1. The van der Waals surface area contributed by atoms with Crippen LogP contribution < -0.4 is 11.1 Å². The molecule has 0 fully saturated rings. The van der Waals surface area contributed by atoms with Crippen molar-refractivity contribution >= 4 is 29.2 Å². The van der Waals surface area contributed by atoms with Crippen LogP contribution in [0.2, 0.25) is 0 Å². The Morgan fingerprint density at radius 2 is 1.93 bits per heavy atom. The van der Waals surface area contributed by atoms with E-state index in [-0.39, 0.29) is 30.0 Å². The Kier molecular flexibility index (Phi) is 5.48. The normalized spacial score (nSPS) is 10.9. The molecule has 0 unspecified atom stereocenters. The second kappa shape index (κ2) is 8.37. The molecule has 8 nitrogen and oxygen atoms in total. The SMILES string of the molecule is CSc1nn(CC(=O)Nc2ccc(F)cc2)c(N)c1-c1nc(-c2ccccc2)no1.